The first-order valence-corrected chi connectivity index (χ1v) is 7.85. The Morgan fingerprint density at radius 1 is 1.43 bits per heavy atom. The van der Waals surface area contributed by atoms with E-state index in [1.54, 1.807) is 20.2 Å². The third kappa shape index (κ3) is 4.47. The molecule has 0 N–H and O–H groups in total. The van der Waals surface area contributed by atoms with Crippen LogP contribution < -0.4 is 4.74 Å². The summed E-state index contributed by atoms with van der Waals surface area (Å²) in [6.45, 7) is 0.409. The molecule has 2 rings (SSSR count). The lowest BCUT2D eigenvalue weighted by Crippen LogP contribution is -2.29. The van der Waals surface area contributed by atoms with Crippen molar-refractivity contribution in [2.75, 3.05) is 26.5 Å². The first-order chi connectivity index (χ1) is 11.2. The minimum absolute atomic E-state index is 0.0951. The van der Waals surface area contributed by atoms with Gasteiger partial charge in [0.2, 0.25) is 5.91 Å². The van der Waals surface area contributed by atoms with E-state index in [0.29, 0.717) is 35.4 Å². The number of para-hydroxylation sites is 1. The third-order valence-electron chi connectivity index (χ3n) is 3.05. The molecule has 1 aromatic heterocycles. The highest BCUT2D eigenvalue weighted by atomic mass is 32.2. The maximum Gasteiger partial charge on any atom is 0.277 e. The summed E-state index contributed by atoms with van der Waals surface area (Å²) in [6.07, 6.45) is 0.311. The van der Waals surface area contributed by atoms with Crippen LogP contribution in [0.5, 0.6) is 5.75 Å². The first-order valence-electron chi connectivity index (χ1n) is 6.86. The van der Waals surface area contributed by atoms with Gasteiger partial charge >= 0.3 is 0 Å². The molecule has 0 aliphatic heterocycles. The fourth-order valence-electron chi connectivity index (χ4n) is 1.77. The van der Waals surface area contributed by atoms with E-state index in [-0.39, 0.29) is 11.7 Å². The van der Waals surface area contributed by atoms with Crippen molar-refractivity contribution < 1.29 is 13.9 Å². The first kappa shape index (κ1) is 16.8. The SMILES string of the molecule is COc1ccccc1-c1nnc(SCC(=O)N(C)CCC#N)o1. The number of aromatic nitrogens is 2. The van der Waals surface area contributed by atoms with Crippen LogP contribution in [-0.2, 0) is 4.79 Å². The lowest BCUT2D eigenvalue weighted by molar-refractivity contribution is -0.127. The molecule has 0 spiro atoms. The topological polar surface area (TPSA) is 92.3 Å². The zero-order valence-electron chi connectivity index (χ0n) is 12.9. The Hall–Kier alpha value is -2.53. The van der Waals surface area contributed by atoms with Gasteiger partial charge in [-0.1, -0.05) is 23.9 Å². The quantitative estimate of drug-likeness (QED) is 0.718. The Morgan fingerprint density at radius 3 is 2.96 bits per heavy atom. The van der Waals surface area contributed by atoms with E-state index in [4.69, 9.17) is 14.4 Å². The van der Waals surface area contributed by atoms with Crippen molar-refractivity contribution in [1.29, 1.82) is 5.26 Å². The highest BCUT2D eigenvalue weighted by molar-refractivity contribution is 7.99. The van der Waals surface area contributed by atoms with Crippen molar-refractivity contribution in [2.45, 2.75) is 11.6 Å². The molecular weight excluding hydrogens is 316 g/mol. The Balaban J connectivity index is 1.98. The maximum absolute atomic E-state index is 11.9. The van der Waals surface area contributed by atoms with Crippen molar-refractivity contribution in [2.24, 2.45) is 0 Å². The second-order valence-corrected chi connectivity index (χ2v) is 5.51. The molecule has 0 saturated carbocycles. The number of hydrogen-bond acceptors (Lipinski definition) is 7. The largest absolute Gasteiger partial charge is 0.496 e. The van der Waals surface area contributed by atoms with Gasteiger partial charge in [-0.3, -0.25) is 4.79 Å². The van der Waals surface area contributed by atoms with E-state index in [2.05, 4.69) is 10.2 Å². The van der Waals surface area contributed by atoms with Crippen LogP contribution in [0.2, 0.25) is 0 Å². The molecule has 1 amide bonds. The number of hydrogen-bond donors (Lipinski definition) is 0. The molecule has 0 aliphatic carbocycles. The average molecular weight is 332 g/mol. The van der Waals surface area contributed by atoms with Gasteiger partial charge < -0.3 is 14.1 Å². The van der Waals surface area contributed by atoms with Gasteiger partial charge in [0.15, 0.2) is 0 Å². The number of thioether (sulfide) groups is 1. The minimum atomic E-state index is -0.0951. The summed E-state index contributed by atoms with van der Waals surface area (Å²) in [5, 5.41) is 16.7. The van der Waals surface area contributed by atoms with E-state index in [1.807, 2.05) is 24.3 Å². The highest BCUT2D eigenvalue weighted by Gasteiger charge is 2.15. The Kier molecular flexibility index (Phi) is 6.00. The van der Waals surface area contributed by atoms with Crippen LogP contribution in [0.15, 0.2) is 33.9 Å². The predicted molar refractivity (Wildman–Crippen MR) is 84.9 cm³/mol. The normalized spacial score (nSPS) is 10.1. The summed E-state index contributed by atoms with van der Waals surface area (Å²) in [4.78, 5) is 13.4. The van der Waals surface area contributed by atoms with Crippen LogP contribution in [0, 0.1) is 11.3 Å². The van der Waals surface area contributed by atoms with Crippen molar-refractivity contribution in [3.8, 4) is 23.3 Å². The standard InChI is InChI=1S/C15H16N4O3S/c1-19(9-5-8-16)13(20)10-23-15-18-17-14(22-15)11-6-3-4-7-12(11)21-2/h3-4,6-7H,5,9-10H2,1-2H3. The minimum Gasteiger partial charge on any atom is -0.496 e. The second kappa shape index (κ2) is 8.19. The maximum atomic E-state index is 11.9. The number of rotatable bonds is 7. The molecule has 23 heavy (non-hydrogen) atoms. The monoisotopic (exact) mass is 332 g/mol. The highest BCUT2D eigenvalue weighted by Crippen LogP contribution is 2.30. The van der Waals surface area contributed by atoms with Crippen molar-refractivity contribution >= 4 is 17.7 Å². The molecule has 0 aliphatic rings. The number of carbonyl (C=O) groups is 1. The molecule has 0 atom stereocenters. The summed E-state index contributed by atoms with van der Waals surface area (Å²) in [5.74, 6) is 1.06. The zero-order valence-corrected chi connectivity index (χ0v) is 13.7. The molecule has 7 nitrogen and oxygen atoms in total. The lowest BCUT2D eigenvalue weighted by Gasteiger charge is -2.13. The van der Waals surface area contributed by atoms with Crippen LogP contribution in [0.4, 0.5) is 0 Å². The molecule has 0 radical (unpaired) electrons. The van der Waals surface area contributed by atoms with Gasteiger partial charge in [0.05, 0.1) is 30.9 Å². The molecule has 0 bridgehead atoms. The van der Waals surface area contributed by atoms with Crippen molar-refractivity contribution in [1.82, 2.24) is 15.1 Å². The van der Waals surface area contributed by atoms with E-state index in [0.717, 1.165) is 11.8 Å². The van der Waals surface area contributed by atoms with Gasteiger partial charge in [-0.15, -0.1) is 10.2 Å². The summed E-state index contributed by atoms with van der Waals surface area (Å²) in [6, 6.07) is 9.33. The Bertz CT molecular complexity index is 711. The van der Waals surface area contributed by atoms with Gasteiger partial charge in [0, 0.05) is 13.6 Å². The van der Waals surface area contributed by atoms with Gasteiger partial charge in [-0.2, -0.15) is 5.26 Å². The fraction of sp³-hybridized carbons (Fsp3) is 0.333. The number of ether oxygens (including phenoxy) is 1. The second-order valence-electron chi connectivity index (χ2n) is 4.59. The molecular formula is C15H16N4O3S. The summed E-state index contributed by atoms with van der Waals surface area (Å²) in [5.41, 5.74) is 0.701. The summed E-state index contributed by atoms with van der Waals surface area (Å²) >= 11 is 1.16. The average Bonchev–Trinajstić information content (AvgIpc) is 3.06. The number of benzene rings is 1. The number of nitriles is 1. The molecule has 1 heterocycles. The van der Waals surface area contributed by atoms with E-state index in [9.17, 15) is 4.79 Å². The molecule has 0 fully saturated rings. The van der Waals surface area contributed by atoms with Gasteiger partial charge in [-0.25, -0.2) is 0 Å². The van der Waals surface area contributed by atoms with Crippen LogP contribution in [0.1, 0.15) is 6.42 Å². The summed E-state index contributed by atoms with van der Waals surface area (Å²) < 4.78 is 10.8. The molecule has 0 saturated heterocycles. The van der Waals surface area contributed by atoms with Crippen molar-refractivity contribution in [3.05, 3.63) is 24.3 Å². The summed E-state index contributed by atoms with van der Waals surface area (Å²) in [7, 11) is 3.23. The molecule has 120 valence electrons. The molecule has 2 aromatic rings. The molecule has 1 aromatic carbocycles. The van der Waals surface area contributed by atoms with E-state index < -0.39 is 0 Å². The number of methoxy groups -OCH3 is 1. The van der Waals surface area contributed by atoms with Crippen molar-refractivity contribution in [3.63, 3.8) is 0 Å². The number of amides is 1. The van der Waals surface area contributed by atoms with Gasteiger partial charge in [-0.05, 0) is 12.1 Å². The van der Waals surface area contributed by atoms with Crippen LogP contribution in [-0.4, -0.2) is 47.5 Å². The smallest absolute Gasteiger partial charge is 0.277 e. The van der Waals surface area contributed by atoms with Crippen LogP contribution in [0.25, 0.3) is 11.5 Å². The Labute approximate surface area is 138 Å². The fourth-order valence-corrected chi connectivity index (χ4v) is 2.48. The molecule has 8 heteroatoms. The third-order valence-corrected chi connectivity index (χ3v) is 3.85. The Morgan fingerprint density at radius 2 is 2.22 bits per heavy atom. The van der Waals surface area contributed by atoms with E-state index in [1.165, 1.54) is 4.90 Å². The molecule has 0 unspecified atom stereocenters. The van der Waals surface area contributed by atoms with Gasteiger partial charge in [0.1, 0.15) is 5.75 Å². The lowest BCUT2D eigenvalue weighted by atomic mass is 10.2. The van der Waals surface area contributed by atoms with Crippen LogP contribution in [0.3, 0.4) is 0 Å². The van der Waals surface area contributed by atoms with Gasteiger partial charge in [0.25, 0.3) is 11.1 Å². The zero-order chi connectivity index (χ0) is 16.7. The number of carbonyl (C=O) groups excluding carboxylic acids is 1. The predicted octanol–water partition coefficient (Wildman–Crippen LogP) is 2.21. The number of nitrogens with zero attached hydrogens (tertiary/aromatic N) is 4. The van der Waals surface area contributed by atoms with Crippen LogP contribution >= 0.6 is 11.8 Å². The van der Waals surface area contributed by atoms with E-state index >= 15 is 0 Å².